The summed E-state index contributed by atoms with van der Waals surface area (Å²) in [4.78, 5) is 12.4. The van der Waals surface area contributed by atoms with Gasteiger partial charge in [0.2, 0.25) is 17.7 Å². The molecule has 1 aliphatic carbocycles. The first kappa shape index (κ1) is 16.9. The van der Waals surface area contributed by atoms with Crippen molar-refractivity contribution in [2.24, 2.45) is 0 Å². The number of amides is 1. The summed E-state index contributed by atoms with van der Waals surface area (Å²) < 4.78 is 18.8. The van der Waals surface area contributed by atoms with E-state index in [1.807, 2.05) is 16.8 Å². The van der Waals surface area contributed by atoms with Crippen LogP contribution in [0.15, 0.2) is 45.5 Å². The number of nitrogens with one attached hydrogen (secondary N) is 1. The second-order valence-electron chi connectivity index (χ2n) is 6.50. The van der Waals surface area contributed by atoms with Gasteiger partial charge in [0, 0.05) is 23.8 Å². The fourth-order valence-corrected chi connectivity index (χ4v) is 3.82. The molecule has 1 fully saturated rings. The minimum absolute atomic E-state index is 0.0655. The van der Waals surface area contributed by atoms with Gasteiger partial charge in [-0.2, -0.15) is 11.3 Å². The van der Waals surface area contributed by atoms with Crippen molar-refractivity contribution in [3.05, 3.63) is 58.4 Å². The Morgan fingerprint density at radius 2 is 2.04 bits per heavy atom. The topological polar surface area (TPSA) is 68.0 Å². The maximum Gasteiger partial charge on any atom is 0.248 e. The first-order chi connectivity index (χ1) is 12.6. The lowest BCUT2D eigenvalue weighted by molar-refractivity contribution is -0.124. The van der Waals surface area contributed by atoms with Gasteiger partial charge in [-0.1, -0.05) is 12.1 Å². The van der Waals surface area contributed by atoms with Crippen molar-refractivity contribution in [2.75, 3.05) is 0 Å². The monoisotopic (exact) mass is 371 g/mol. The zero-order valence-corrected chi connectivity index (χ0v) is 14.9. The summed E-state index contributed by atoms with van der Waals surface area (Å²) in [6.45, 7) is 0. The third kappa shape index (κ3) is 3.39. The molecule has 1 saturated carbocycles. The van der Waals surface area contributed by atoms with Crippen molar-refractivity contribution >= 4 is 17.2 Å². The smallest absolute Gasteiger partial charge is 0.248 e. The maximum atomic E-state index is 13.2. The van der Waals surface area contributed by atoms with Gasteiger partial charge in [-0.3, -0.25) is 4.79 Å². The van der Waals surface area contributed by atoms with E-state index in [2.05, 4.69) is 15.5 Å². The van der Waals surface area contributed by atoms with Crippen LogP contribution in [-0.2, 0) is 16.8 Å². The van der Waals surface area contributed by atoms with Gasteiger partial charge < -0.3 is 9.73 Å². The first-order valence-corrected chi connectivity index (χ1v) is 9.51. The maximum absolute atomic E-state index is 13.2. The molecular formula is C19H18FN3O2S. The molecule has 5 nitrogen and oxygen atoms in total. The van der Waals surface area contributed by atoms with Crippen molar-refractivity contribution in [1.82, 2.24) is 15.5 Å². The highest BCUT2D eigenvalue weighted by Gasteiger charge is 2.39. The van der Waals surface area contributed by atoms with Crippen LogP contribution in [-0.4, -0.2) is 16.1 Å². The largest absolute Gasteiger partial charge is 0.421 e. The molecule has 26 heavy (non-hydrogen) atoms. The van der Waals surface area contributed by atoms with Crippen molar-refractivity contribution in [2.45, 2.75) is 37.6 Å². The number of aromatic nitrogens is 2. The third-order valence-corrected chi connectivity index (χ3v) is 5.47. The Labute approximate surface area is 154 Å². The van der Waals surface area contributed by atoms with Crippen molar-refractivity contribution < 1.29 is 13.6 Å². The number of halogens is 1. The van der Waals surface area contributed by atoms with Gasteiger partial charge in [0.05, 0.1) is 5.54 Å². The molecule has 1 aliphatic rings. The minimum Gasteiger partial charge on any atom is -0.421 e. The summed E-state index contributed by atoms with van der Waals surface area (Å²) in [6.07, 6.45) is 3.45. The van der Waals surface area contributed by atoms with Crippen LogP contribution in [0.5, 0.6) is 0 Å². The highest BCUT2D eigenvalue weighted by molar-refractivity contribution is 7.08. The standard InChI is InChI=1S/C19H18FN3O2S/c20-15-4-2-14(3-5-15)19(9-1-10-19)21-16(24)6-7-17-22-23-18(25-17)13-8-11-26-12-13/h2-5,8,11-12H,1,6-7,9-10H2,(H,21,24). The Bertz CT molecular complexity index is 886. The van der Waals surface area contributed by atoms with Gasteiger partial charge in [-0.05, 0) is 48.4 Å². The van der Waals surface area contributed by atoms with E-state index in [1.165, 1.54) is 12.1 Å². The summed E-state index contributed by atoms with van der Waals surface area (Å²) in [5, 5.41) is 15.0. The number of hydrogen-bond acceptors (Lipinski definition) is 5. The van der Waals surface area contributed by atoms with Gasteiger partial charge in [0.15, 0.2) is 0 Å². The SMILES string of the molecule is O=C(CCc1nnc(-c2ccsc2)o1)NC1(c2ccc(F)cc2)CCC1. The van der Waals surface area contributed by atoms with Crippen molar-refractivity contribution in [3.63, 3.8) is 0 Å². The average Bonchev–Trinajstić information content (AvgIpc) is 3.28. The Morgan fingerprint density at radius 3 is 2.69 bits per heavy atom. The van der Waals surface area contributed by atoms with Gasteiger partial charge in [-0.15, -0.1) is 10.2 Å². The quantitative estimate of drug-likeness (QED) is 0.709. The normalized spacial score (nSPS) is 15.4. The van der Waals surface area contributed by atoms with Gasteiger partial charge in [0.25, 0.3) is 0 Å². The molecule has 4 rings (SSSR count). The van der Waals surface area contributed by atoms with E-state index in [0.717, 1.165) is 30.4 Å². The van der Waals surface area contributed by atoms with Crippen molar-refractivity contribution in [1.29, 1.82) is 0 Å². The van der Waals surface area contributed by atoms with E-state index in [-0.39, 0.29) is 23.7 Å². The molecule has 3 aromatic rings. The van der Waals surface area contributed by atoms with E-state index in [9.17, 15) is 9.18 Å². The van der Waals surface area contributed by atoms with Crippen LogP contribution in [0.1, 0.15) is 37.1 Å². The van der Waals surface area contributed by atoms with Crippen LogP contribution in [0.3, 0.4) is 0 Å². The summed E-state index contributed by atoms with van der Waals surface area (Å²) in [7, 11) is 0. The molecule has 2 heterocycles. The van der Waals surface area contributed by atoms with E-state index in [4.69, 9.17) is 4.42 Å². The van der Waals surface area contributed by atoms with Crippen LogP contribution in [0.25, 0.3) is 11.5 Å². The summed E-state index contributed by atoms with van der Waals surface area (Å²) in [5.41, 5.74) is 1.47. The number of carbonyl (C=O) groups excluding carboxylic acids is 1. The summed E-state index contributed by atoms with van der Waals surface area (Å²) >= 11 is 1.56. The Balaban J connectivity index is 1.37. The Morgan fingerprint density at radius 1 is 1.23 bits per heavy atom. The minimum atomic E-state index is -0.374. The molecule has 0 aliphatic heterocycles. The predicted octanol–water partition coefficient (Wildman–Crippen LogP) is 4.07. The summed E-state index contributed by atoms with van der Waals surface area (Å²) in [5.74, 6) is 0.589. The molecule has 0 bridgehead atoms. The predicted molar refractivity (Wildman–Crippen MR) is 96.0 cm³/mol. The first-order valence-electron chi connectivity index (χ1n) is 8.57. The van der Waals surface area contributed by atoms with E-state index in [1.54, 1.807) is 23.5 Å². The fourth-order valence-electron chi connectivity index (χ4n) is 3.19. The molecule has 1 N–H and O–H groups in total. The van der Waals surface area contributed by atoms with E-state index < -0.39 is 0 Å². The van der Waals surface area contributed by atoms with Gasteiger partial charge in [0.1, 0.15) is 5.82 Å². The van der Waals surface area contributed by atoms with Crippen LogP contribution >= 0.6 is 11.3 Å². The van der Waals surface area contributed by atoms with Crippen LogP contribution < -0.4 is 5.32 Å². The molecule has 0 radical (unpaired) electrons. The molecule has 0 unspecified atom stereocenters. The van der Waals surface area contributed by atoms with Crippen LogP contribution in [0.2, 0.25) is 0 Å². The molecule has 1 amide bonds. The fraction of sp³-hybridized carbons (Fsp3) is 0.316. The number of thiophene rings is 1. The van der Waals surface area contributed by atoms with Crippen LogP contribution in [0.4, 0.5) is 4.39 Å². The second kappa shape index (κ2) is 6.99. The number of rotatable bonds is 6. The molecule has 134 valence electrons. The zero-order chi connectivity index (χ0) is 18.0. The van der Waals surface area contributed by atoms with Gasteiger partial charge >= 0.3 is 0 Å². The van der Waals surface area contributed by atoms with E-state index >= 15 is 0 Å². The number of hydrogen-bond donors (Lipinski definition) is 1. The van der Waals surface area contributed by atoms with Crippen molar-refractivity contribution in [3.8, 4) is 11.5 Å². The van der Waals surface area contributed by atoms with Gasteiger partial charge in [-0.25, -0.2) is 4.39 Å². The highest BCUT2D eigenvalue weighted by Crippen LogP contribution is 2.41. The Kier molecular flexibility index (Phi) is 4.55. The Hall–Kier alpha value is -2.54. The molecule has 2 aromatic heterocycles. The van der Waals surface area contributed by atoms with Crippen LogP contribution in [0, 0.1) is 5.82 Å². The molecular weight excluding hydrogens is 353 g/mol. The molecule has 7 heteroatoms. The molecule has 1 aromatic carbocycles. The third-order valence-electron chi connectivity index (χ3n) is 4.78. The lowest BCUT2D eigenvalue weighted by Crippen LogP contribution is -2.50. The molecule has 0 saturated heterocycles. The number of benzene rings is 1. The lowest BCUT2D eigenvalue weighted by Gasteiger charge is -2.43. The second-order valence-corrected chi connectivity index (χ2v) is 7.28. The molecule has 0 spiro atoms. The zero-order valence-electron chi connectivity index (χ0n) is 14.1. The number of aryl methyl sites for hydroxylation is 1. The van der Waals surface area contributed by atoms with E-state index in [0.29, 0.717) is 18.2 Å². The lowest BCUT2D eigenvalue weighted by atomic mass is 9.71. The number of nitrogens with zero attached hydrogens (tertiary/aromatic N) is 2. The number of carbonyl (C=O) groups is 1. The molecule has 0 atom stereocenters. The highest BCUT2D eigenvalue weighted by atomic mass is 32.1. The average molecular weight is 371 g/mol. The summed E-state index contributed by atoms with van der Waals surface area (Å²) in [6, 6.07) is 8.29.